The van der Waals surface area contributed by atoms with Crippen molar-refractivity contribution >= 4 is 11.7 Å². The van der Waals surface area contributed by atoms with Crippen LogP contribution < -0.4 is 20.9 Å². The van der Waals surface area contributed by atoms with Gasteiger partial charge in [0.2, 0.25) is 0 Å². The number of methoxy groups -OCH3 is 1. The van der Waals surface area contributed by atoms with Gasteiger partial charge in [0.25, 0.3) is 0 Å². The van der Waals surface area contributed by atoms with E-state index < -0.39 is 0 Å². The molecule has 1 aromatic carbocycles. The van der Waals surface area contributed by atoms with E-state index in [9.17, 15) is 4.79 Å². The maximum atomic E-state index is 11.4. The summed E-state index contributed by atoms with van der Waals surface area (Å²) in [6, 6.07) is 5.24. The molecule has 0 spiro atoms. The van der Waals surface area contributed by atoms with Crippen LogP contribution in [0.25, 0.3) is 0 Å². The molecule has 5 heteroatoms. The average molecular weight is 237 g/mol. The Kier molecular flexibility index (Phi) is 4.34. The zero-order valence-electron chi connectivity index (χ0n) is 10.7. The van der Waals surface area contributed by atoms with E-state index in [0.717, 1.165) is 17.0 Å². The number of nitrogens with two attached hydrogens (primary N) is 1. The van der Waals surface area contributed by atoms with Crippen molar-refractivity contribution in [2.75, 3.05) is 19.1 Å². The molecule has 3 N–H and O–H groups in total. The number of carbonyl (C=O) groups excluding carboxylic acids is 1. The first-order valence-electron chi connectivity index (χ1n) is 5.43. The van der Waals surface area contributed by atoms with E-state index >= 15 is 0 Å². The summed E-state index contributed by atoms with van der Waals surface area (Å²) >= 11 is 0. The fourth-order valence-corrected chi connectivity index (χ4v) is 1.60. The minimum absolute atomic E-state index is 0.319. The zero-order chi connectivity index (χ0) is 13.0. The van der Waals surface area contributed by atoms with Gasteiger partial charge in [0, 0.05) is 12.7 Å². The quantitative estimate of drug-likeness (QED) is 0.479. The van der Waals surface area contributed by atoms with Crippen LogP contribution in [0.4, 0.5) is 10.5 Å². The van der Waals surface area contributed by atoms with Gasteiger partial charge in [-0.2, -0.15) is 0 Å². The first-order chi connectivity index (χ1) is 8.01. The molecular formula is C12H19N3O2. The molecule has 0 radical (unpaired) electrons. The number of nitrogens with one attached hydrogen (secondary N) is 1. The molecule has 0 saturated carbocycles. The molecular weight excluding hydrogens is 218 g/mol. The first kappa shape index (κ1) is 13.3. The Balaban J connectivity index is 3.12. The Labute approximate surface area is 102 Å². The molecule has 0 fully saturated rings. The average Bonchev–Trinajstić information content (AvgIpc) is 2.35. The van der Waals surface area contributed by atoms with Crippen LogP contribution in [-0.4, -0.2) is 20.2 Å². The summed E-state index contributed by atoms with van der Waals surface area (Å²) in [5.41, 5.74) is 3.93. The summed E-state index contributed by atoms with van der Waals surface area (Å²) in [5.74, 6) is 6.24. The SMILES string of the molecule is COc1ccc(N(C)C(=O)NN)cc1C(C)C. The summed E-state index contributed by atoms with van der Waals surface area (Å²) in [7, 11) is 3.30. The number of hydrogen-bond acceptors (Lipinski definition) is 3. The van der Waals surface area contributed by atoms with Crippen molar-refractivity contribution < 1.29 is 9.53 Å². The number of hydrogen-bond donors (Lipinski definition) is 2. The Hall–Kier alpha value is -1.75. The fraction of sp³-hybridized carbons (Fsp3) is 0.417. The molecule has 1 rings (SSSR count). The minimum atomic E-state index is -0.357. The molecule has 2 amide bonds. The van der Waals surface area contributed by atoms with Gasteiger partial charge in [-0.3, -0.25) is 10.3 Å². The van der Waals surface area contributed by atoms with Gasteiger partial charge in [0.15, 0.2) is 0 Å². The van der Waals surface area contributed by atoms with Crippen molar-refractivity contribution in [3.05, 3.63) is 23.8 Å². The van der Waals surface area contributed by atoms with E-state index in [1.165, 1.54) is 4.90 Å². The summed E-state index contributed by atoms with van der Waals surface area (Å²) in [4.78, 5) is 12.9. The predicted octanol–water partition coefficient (Wildman–Crippen LogP) is 1.84. The lowest BCUT2D eigenvalue weighted by molar-refractivity contribution is 0.247. The summed E-state index contributed by atoms with van der Waals surface area (Å²) in [6.07, 6.45) is 0. The van der Waals surface area contributed by atoms with Crippen molar-refractivity contribution in [2.45, 2.75) is 19.8 Å². The van der Waals surface area contributed by atoms with E-state index in [4.69, 9.17) is 10.6 Å². The highest BCUT2D eigenvalue weighted by Gasteiger charge is 2.13. The van der Waals surface area contributed by atoms with E-state index in [0.29, 0.717) is 5.92 Å². The highest BCUT2D eigenvalue weighted by atomic mass is 16.5. The topological polar surface area (TPSA) is 67.6 Å². The van der Waals surface area contributed by atoms with Gasteiger partial charge >= 0.3 is 6.03 Å². The molecule has 5 nitrogen and oxygen atoms in total. The molecule has 0 aliphatic heterocycles. The number of amides is 2. The third-order valence-corrected chi connectivity index (χ3v) is 2.65. The molecule has 0 aliphatic rings. The van der Waals surface area contributed by atoms with Crippen molar-refractivity contribution in [3.8, 4) is 5.75 Å². The number of nitrogens with zero attached hydrogens (tertiary/aromatic N) is 1. The van der Waals surface area contributed by atoms with Crippen LogP contribution in [0, 0.1) is 0 Å². The van der Waals surface area contributed by atoms with Crippen molar-refractivity contribution in [1.29, 1.82) is 0 Å². The third kappa shape index (κ3) is 2.88. The van der Waals surface area contributed by atoms with E-state index in [1.54, 1.807) is 14.2 Å². The Morgan fingerprint density at radius 2 is 2.12 bits per heavy atom. The molecule has 0 atom stereocenters. The van der Waals surface area contributed by atoms with E-state index in [-0.39, 0.29) is 6.03 Å². The van der Waals surface area contributed by atoms with Gasteiger partial charge < -0.3 is 4.74 Å². The molecule has 0 heterocycles. The smallest absolute Gasteiger partial charge is 0.335 e. The summed E-state index contributed by atoms with van der Waals surface area (Å²) in [5, 5.41) is 0. The predicted molar refractivity (Wildman–Crippen MR) is 68.2 cm³/mol. The fourth-order valence-electron chi connectivity index (χ4n) is 1.60. The molecule has 1 aromatic rings. The monoisotopic (exact) mass is 237 g/mol. The maximum Gasteiger partial charge on any atom is 0.335 e. The van der Waals surface area contributed by atoms with Gasteiger partial charge in [-0.15, -0.1) is 0 Å². The number of rotatable bonds is 3. The molecule has 0 unspecified atom stereocenters. The van der Waals surface area contributed by atoms with Crippen LogP contribution in [0.15, 0.2) is 18.2 Å². The second-order valence-corrected chi connectivity index (χ2v) is 4.09. The Morgan fingerprint density at radius 1 is 1.47 bits per heavy atom. The standard InChI is InChI=1S/C12H19N3O2/c1-8(2)10-7-9(5-6-11(10)17-4)15(3)12(16)14-13/h5-8H,13H2,1-4H3,(H,14,16). The number of hydrazine groups is 1. The van der Waals surface area contributed by atoms with Crippen molar-refractivity contribution in [2.24, 2.45) is 5.84 Å². The lowest BCUT2D eigenvalue weighted by Crippen LogP contribution is -2.41. The molecule has 94 valence electrons. The van der Waals surface area contributed by atoms with Gasteiger partial charge in [-0.05, 0) is 29.7 Å². The number of ether oxygens (including phenoxy) is 1. The molecule has 0 aromatic heterocycles. The highest BCUT2D eigenvalue weighted by molar-refractivity contribution is 5.91. The number of carbonyl (C=O) groups is 1. The van der Waals surface area contributed by atoms with E-state index in [1.807, 2.05) is 18.2 Å². The van der Waals surface area contributed by atoms with Crippen LogP contribution in [0.3, 0.4) is 0 Å². The highest BCUT2D eigenvalue weighted by Crippen LogP contribution is 2.30. The lowest BCUT2D eigenvalue weighted by Gasteiger charge is -2.19. The Morgan fingerprint density at radius 3 is 2.59 bits per heavy atom. The van der Waals surface area contributed by atoms with Crippen LogP contribution >= 0.6 is 0 Å². The minimum Gasteiger partial charge on any atom is -0.496 e. The summed E-state index contributed by atoms with van der Waals surface area (Å²) in [6.45, 7) is 4.15. The lowest BCUT2D eigenvalue weighted by atomic mass is 10.0. The van der Waals surface area contributed by atoms with Crippen molar-refractivity contribution in [3.63, 3.8) is 0 Å². The number of urea groups is 1. The molecule has 0 aliphatic carbocycles. The summed E-state index contributed by atoms with van der Waals surface area (Å²) < 4.78 is 5.28. The van der Waals surface area contributed by atoms with Crippen LogP contribution in [-0.2, 0) is 0 Å². The second kappa shape index (κ2) is 5.54. The van der Waals surface area contributed by atoms with Crippen LogP contribution in [0.2, 0.25) is 0 Å². The molecule has 0 bridgehead atoms. The maximum absolute atomic E-state index is 11.4. The van der Waals surface area contributed by atoms with Gasteiger partial charge in [-0.1, -0.05) is 13.8 Å². The van der Waals surface area contributed by atoms with Gasteiger partial charge in [0.05, 0.1) is 7.11 Å². The van der Waals surface area contributed by atoms with Crippen molar-refractivity contribution in [1.82, 2.24) is 5.43 Å². The number of anilines is 1. The van der Waals surface area contributed by atoms with Crippen LogP contribution in [0.1, 0.15) is 25.3 Å². The third-order valence-electron chi connectivity index (χ3n) is 2.65. The first-order valence-corrected chi connectivity index (χ1v) is 5.43. The normalized spacial score (nSPS) is 10.2. The van der Waals surface area contributed by atoms with E-state index in [2.05, 4.69) is 19.3 Å². The van der Waals surface area contributed by atoms with Gasteiger partial charge in [0.1, 0.15) is 5.75 Å². The Bertz CT molecular complexity index is 405. The zero-order valence-corrected chi connectivity index (χ0v) is 10.7. The van der Waals surface area contributed by atoms with Crippen LogP contribution in [0.5, 0.6) is 5.75 Å². The second-order valence-electron chi connectivity index (χ2n) is 4.09. The largest absolute Gasteiger partial charge is 0.496 e. The molecule has 0 saturated heterocycles. The number of benzene rings is 1. The molecule has 17 heavy (non-hydrogen) atoms. The van der Waals surface area contributed by atoms with Gasteiger partial charge in [-0.25, -0.2) is 10.6 Å².